The Morgan fingerprint density at radius 3 is 2.56 bits per heavy atom. The summed E-state index contributed by atoms with van der Waals surface area (Å²) in [5.74, 6) is 2.17. The second-order valence-corrected chi connectivity index (χ2v) is 8.00. The Morgan fingerprint density at radius 1 is 1.04 bits per heavy atom. The molecule has 0 spiro atoms. The number of carbonyl (C=O) groups is 1. The number of hydrogen-bond donors (Lipinski definition) is 0. The standard InChI is InChI=1S/C20H31N5O2/c1-27-19-13-18(21-15-22-19)23-11-6-17(7-12-23)25-10-4-5-16(14-25)20(26)24-8-2-3-9-24/h13,15-17H,2-12,14H2,1H3/t16-/m0/s1. The van der Waals surface area contributed by atoms with E-state index in [1.54, 1.807) is 13.4 Å². The van der Waals surface area contributed by atoms with Gasteiger partial charge in [0.05, 0.1) is 13.0 Å². The third-order valence-electron chi connectivity index (χ3n) is 6.36. The van der Waals surface area contributed by atoms with Crippen molar-refractivity contribution in [2.24, 2.45) is 5.92 Å². The van der Waals surface area contributed by atoms with Gasteiger partial charge in [0, 0.05) is 44.8 Å². The number of carbonyl (C=O) groups excluding carboxylic acids is 1. The second-order valence-electron chi connectivity index (χ2n) is 8.00. The highest BCUT2D eigenvalue weighted by Crippen LogP contribution is 2.27. The summed E-state index contributed by atoms with van der Waals surface area (Å²) in [5.41, 5.74) is 0. The lowest BCUT2D eigenvalue weighted by atomic mass is 9.93. The van der Waals surface area contributed by atoms with Gasteiger partial charge in [0.2, 0.25) is 11.8 Å². The molecule has 0 aliphatic carbocycles. The van der Waals surface area contributed by atoms with Crippen molar-refractivity contribution in [1.82, 2.24) is 19.8 Å². The minimum Gasteiger partial charge on any atom is -0.481 e. The summed E-state index contributed by atoms with van der Waals surface area (Å²) in [6, 6.07) is 2.49. The van der Waals surface area contributed by atoms with Gasteiger partial charge in [0.15, 0.2) is 0 Å². The summed E-state index contributed by atoms with van der Waals surface area (Å²) in [7, 11) is 1.63. The minimum atomic E-state index is 0.209. The van der Waals surface area contributed by atoms with Crippen LogP contribution in [-0.2, 0) is 4.79 Å². The maximum atomic E-state index is 12.8. The summed E-state index contributed by atoms with van der Waals surface area (Å²) in [4.78, 5) is 28.3. The molecule has 0 N–H and O–H groups in total. The maximum Gasteiger partial charge on any atom is 0.226 e. The summed E-state index contributed by atoms with van der Waals surface area (Å²) >= 11 is 0. The molecule has 1 aromatic rings. The number of amides is 1. The van der Waals surface area contributed by atoms with Gasteiger partial charge in [-0.3, -0.25) is 9.69 Å². The highest BCUT2D eigenvalue weighted by Gasteiger charge is 2.34. The fraction of sp³-hybridized carbons (Fsp3) is 0.750. The Kier molecular flexibility index (Phi) is 5.76. The van der Waals surface area contributed by atoms with Crippen LogP contribution in [0.2, 0.25) is 0 Å². The van der Waals surface area contributed by atoms with Crippen LogP contribution >= 0.6 is 0 Å². The Bertz CT molecular complexity index is 641. The van der Waals surface area contributed by atoms with Crippen molar-refractivity contribution in [3.63, 3.8) is 0 Å². The Labute approximate surface area is 161 Å². The van der Waals surface area contributed by atoms with Crippen molar-refractivity contribution in [1.29, 1.82) is 0 Å². The van der Waals surface area contributed by atoms with Crippen LogP contribution in [0.4, 0.5) is 5.82 Å². The van der Waals surface area contributed by atoms with Crippen molar-refractivity contribution in [2.45, 2.75) is 44.6 Å². The first-order valence-corrected chi connectivity index (χ1v) is 10.4. The molecule has 3 fully saturated rings. The van der Waals surface area contributed by atoms with Crippen molar-refractivity contribution in [3.05, 3.63) is 12.4 Å². The first-order valence-electron chi connectivity index (χ1n) is 10.4. The van der Waals surface area contributed by atoms with Gasteiger partial charge in [-0.15, -0.1) is 0 Å². The molecule has 0 aromatic carbocycles. The van der Waals surface area contributed by atoms with E-state index in [0.29, 0.717) is 17.8 Å². The topological polar surface area (TPSA) is 61.8 Å². The van der Waals surface area contributed by atoms with Crippen molar-refractivity contribution in [2.75, 3.05) is 51.3 Å². The van der Waals surface area contributed by atoms with E-state index < -0.39 is 0 Å². The second kappa shape index (κ2) is 8.42. The number of piperidine rings is 2. The van der Waals surface area contributed by atoms with Gasteiger partial charge in [0.25, 0.3) is 0 Å². The van der Waals surface area contributed by atoms with Crippen LogP contribution in [0.15, 0.2) is 12.4 Å². The van der Waals surface area contributed by atoms with E-state index in [9.17, 15) is 4.79 Å². The van der Waals surface area contributed by atoms with Gasteiger partial charge >= 0.3 is 0 Å². The zero-order valence-electron chi connectivity index (χ0n) is 16.3. The third-order valence-corrected chi connectivity index (χ3v) is 6.36. The quantitative estimate of drug-likeness (QED) is 0.802. The van der Waals surface area contributed by atoms with Crippen molar-refractivity contribution in [3.8, 4) is 5.88 Å². The Hall–Kier alpha value is -1.89. The van der Waals surface area contributed by atoms with Crippen LogP contribution in [0, 0.1) is 5.92 Å². The van der Waals surface area contributed by atoms with Gasteiger partial charge in [-0.25, -0.2) is 9.97 Å². The summed E-state index contributed by atoms with van der Waals surface area (Å²) in [6.07, 6.45) is 8.37. The fourth-order valence-corrected chi connectivity index (χ4v) is 4.81. The van der Waals surface area contributed by atoms with Crippen molar-refractivity contribution < 1.29 is 9.53 Å². The van der Waals surface area contributed by atoms with Gasteiger partial charge in [-0.05, 0) is 45.1 Å². The molecule has 7 heteroatoms. The zero-order chi connectivity index (χ0) is 18.6. The van der Waals surface area contributed by atoms with Crippen LogP contribution < -0.4 is 9.64 Å². The van der Waals surface area contributed by atoms with E-state index in [0.717, 1.165) is 70.8 Å². The predicted molar refractivity (Wildman–Crippen MR) is 104 cm³/mol. The van der Waals surface area contributed by atoms with E-state index in [-0.39, 0.29) is 5.92 Å². The largest absolute Gasteiger partial charge is 0.481 e. The smallest absolute Gasteiger partial charge is 0.226 e. The molecule has 0 bridgehead atoms. The number of aromatic nitrogens is 2. The summed E-state index contributed by atoms with van der Waals surface area (Å²) in [6.45, 7) is 6.00. The number of rotatable bonds is 4. The molecule has 1 aromatic heterocycles. The maximum absolute atomic E-state index is 12.8. The number of anilines is 1. The fourth-order valence-electron chi connectivity index (χ4n) is 4.81. The van der Waals surface area contributed by atoms with Crippen LogP contribution in [-0.4, -0.2) is 78.1 Å². The molecule has 3 aliphatic rings. The lowest BCUT2D eigenvalue weighted by molar-refractivity contribution is -0.136. The number of hydrogen-bond acceptors (Lipinski definition) is 6. The minimum absolute atomic E-state index is 0.209. The van der Waals surface area contributed by atoms with E-state index in [1.165, 1.54) is 12.8 Å². The molecule has 3 aliphatic heterocycles. The molecule has 3 saturated heterocycles. The molecule has 148 valence electrons. The average Bonchev–Trinajstić information content (AvgIpc) is 3.28. The molecular formula is C20H31N5O2. The van der Waals surface area contributed by atoms with E-state index in [2.05, 4.69) is 24.7 Å². The number of likely N-dealkylation sites (tertiary alicyclic amines) is 2. The first-order chi connectivity index (χ1) is 13.2. The van der Waals surface area contributed by atoms with Crippen LogP contribution in [0.25, 0.3) is 0 Å². The monoisotopic (exact) mass is 373 g/mol. The molecule has 7 nitrogen and oxygen atoms in total. The molecule has 0 radical (unpaired) electrons. The lowest BCUT2D eigenvalue weighted by Gasteiger charge is -2.42. The molecule has 27 heavy (non-hydrogen) atoms. The van der Waals surface area contributed by atoms with Gasteiger partial charge in [-0.2, -0.15) is 0 Å². The molecule has 4 heterocycles. The summed E-state index contributed by atoms with van der Waals surface area (Å²) < 4.78 is 5.22. The van der Waals surface area contributed by atoms with Crippen LogP contribution in [0.5, 0.6) is 5.88 Å². The van der Waals surface area contributed by atoms with Gasteiger partial charge < -0.3 is 14.5 Å². The molecular weight excluding hydrogens is 342 g/mol. The predicted octanol–water partition coefficient (Wildman–Crippen LogP) is 1.79. The highest BCUT2D eigenvalue weighted by molar-refractivity contribution is 5.79. The van der Waals surface area contributed by atoms with Crippen LogP contribution in [0.1, 0.15) is 38.5 Å². The first kappa shape index (κ1) is 18.5. The van der Waals surface area contributed by atoms with Crippen LogP contribution in [0.3, 0.4) is 0 Å². The molecule has 0 saturated carbocycles. The number of nitrogens with zero attached hydrogens (tertiary/aromatic N) is 5. The normalized spacial score (nSPS) is 25.0. The molecule has 4 rings (SSSR count). The zero-order valence-corrected chi connectivity index (χ0v) is 16.3. The van der Waals surface area contributed by atoms with E-state index in [1.807, 2.05) is 6.07 Å². The SMILES string of the molecule is COc1cc(N2CCC(N3CCC[C@H](C(=O)N4CCCC4)C3)CC2)ncn1. The molecule has 1 amide bonds. The van der Waals surface area contributed by atoms with Gasteiger partial charge in [0.1, 0.15) is 12.1 Å². The summed E-state index contributed by atoms with van der Waals surface area (Å²) in [5, 5.41) is 0. The number of ether oxygens (including phenoxy) is 1. The third kappa shape index (κ3) is 4.18. The molecule has 1 atom stereocenters. The highest BCUT2D eigenvalue weighted by atomic mass is 16.5. The van der Waals surface area contributed by atoms with Gasteiger partial charge in [-0.1, -0.05) is 0 Å². The van der Waals surface area contributed by atoms with Crippen molar-refractivity contribution >= 4 is 11.7 Å². The Balaban J connectivity index is 1.31. The Morgan fingerprint density at radius 2 is 1.81 bits per heavy atom. The molecule has 0 unspecified atom stereocenters. The van der Waals surface area contributed by atoms with E-state index in [4.69, 9.17) is 4.74 Å². The number of methoxy groups -OCH3 is 1. The lowest BCUT2D eigenvalue weighted by Crippen LogP contribution is -2.51. The van der Waals surface area contributed by atoms with E-state index >= 15 is 0 Å². The average molecular weight is 374 g/mol.